The average Bonchev–Trinajstić information content (AvgIpc) is 2.17. The lowest BCUT2D eigenvalue weighted by Gasteiger charge is -2.01. The third-order valence-corrected chi connectivity index (χ3v) is 2.33. The van der Waals surface area contributed by atoms with Crippen molar-refractivity contribution in [3.8, 4) is 0 Å². The second kappa shape index (κ2) is 9.75. The molecule has 0 amide bonds. The Hall–Kier alpha value is -0.790. The number of hydrogen-bond donors (Lipinski definition) is 0. The lowest BCUT2D eigenvalue weighted by Crippen LogP contribution is -2.00. The standard InChI is InChI=1S/C13H24O2/c1-4-6-7-8-9-10-12(3)11-13(14)15-5-2/h11H,4-10H2,1-3H3. The van der Waals surface area contributed by atoms with E-state index in [4.69, 9.17) is 4.74 Å². The highest BCUT2D eigenvalue weighted by atomic mass is 16.5. The predicted molar refractivity (Wildman–Crippen MR) is 63.8 cm³/mol. The van der Waals surface area contributed by atoms with Crippen LogP contribution in [0.4, 0.5) is 0 Å². The summed E-state index contributed by atoms with van der Waals surface area (Å²) in [6.45, 7) is 6.49. The fourth-order valence-electron chi connectivity index (χ4n) is 1.46. The van der Waals surface area contributed by atoms with Crippen LogP contribution in [-0.2, 0) is 9.53 Å². The summed E-state index contributed by atoms with van der Waals surface area (Å²) in [5.41, 5.74) is 1.13. The van der Waals surface area contributed by atoms with Crippen molar-refractivity contribution in [2.45, 2.75) is 59.3 Å². The highest BCUT2D eigenvalue weighted by molar-refractivity contribution is 5.82. The van der Waals surface area contributed by atoms with Gasteiger partial charge < -0.3 is 4.74 Å². The van der Waals surface area contributed by atoms with Crippen molar-refractivity contribution in [3.63, 3.8) is 0 Å². The first-order valence-corrected chi connectivity index (χ1v) is 6.04. The molecule has 0 aliphatic carbocycles. The number of carbonyl (C=O) groups excluding carboxylic acids is 1. The molecule has 0 atom stereocenters. The third kappa shape index (κ3) is 9.51. The van der Waals surface area contributed by atoms with Crippen molar-refractivity contribution in [2.75, 3.05) is 6.61 Å². The quantitative estimate of drug-likeness (QED) is 0.347. The summed E-state index contributed by atoms with van der Waals surface area (Å²) in [6.07, 6.45) is 8.98. The summed E-state index contributed by atoms with van der Waals surface area (Å²) in [4.78, 5) is 11.1. The van der Waals surface area contributed by atoms with E-state index in [1.807, 2.05) is 13.8 Å². The average molecular weight is 212 g/mol. The van der Waals surface area contributed by atoms with Crippen molar-refractivity contribution in [1.82, 2.24) is 0 Å². The molecule has 2 nitrogen and oxygen atoms in total. The maximum atomic E-state index is 11.1. The number of carbonyl (C=O) groups is 1. The fourth-order valence-corrected chi connectivity index (χ4v) is 1.46. The van der Waals surface area contributed by atoms with E-state index in [0.717, 1.165) is 12.0 Å². The molecule has 0 saturated heterocycles. The van der Waals surface area contributed by atoms with Crippen LogP contribution < -0.4 is 0 Å². The van der Waals surface area contributed by atoms with Crippen molar-refractivity contribution in [3.05, 3.63) is 11.6 Å². The van der Waals surface area contributed by atoms with Crippen molar-refractivity contribution in [1.29, 1.82) is 0 Å². The van der Waals surface area contributed by atoms with Gasteiger partial charge in [0.25, 0.3) is 0 Å². The maximum Gasteiger partial charge on any atom is 0.330 e. The van der Waals surface area contributed by atoms with E-state index < -0.39 is 0 Å². The van der Waals surface area contributed by atoms with Gasteiger partial charge in [-0.1, -0.05) is 38.2 Å². The van der Waals surface area contributed by atoms with E-state index in [2.05, 4.69) is 6.92 Å². The highest BCUT2D eigenvalue weighted by Gasteiger charge is 1.98. The topological polar surface area (TPSA) is 26.3 Å². The van der Waals surface area contributed by atoms with Gasteiger partial charge >= 0.3 is 5.97 Å². The largest absolute Gasteiger partial charge is 0.463 e. The SMILES string of the molecule is CCCCCCCC(C)=CC(=O)OCC. The van der Waals surface area contributed by atoms with Gasteiger partial charge in [0.1, 0.15) is 0 Å². The first-order chi connectivity index (χ1) is 7.20. The zero-order chi connectivity index (χ0) is 11.5. The van der Waals surface area contributed by atoms with Gasteiger partial charge in [0.15, 0.2) is 0 Å². The second-order valence-corrected chi connectivity index (χ2v) is 3.91. The van der Waals surface area contributed by atoms with Gasteiger partial charge in [0.05, 0.1) is 6.61 Å². The lowest BCUT2D eigenvalue weighted by atomic mass is 10.1. The number of hydrogen-bond acceptors (Lipinski definition) is 2. The molecule has 0 aromatic carbocycles. The van der Waals surface area contributed by atoms with Gasteiger partial charge in [0, 0.05) is 6.08 Å². The fraction of sp³-hybridized carbons (Fsp3) is 0.769. The normalized spacial score (nSPS) is 11.5. The molecule has 0 aromatic heterocycles. The van der Waals surface area contributed by atoms with Gasteiger partial charge in [-0.05, 0) is 26.7 Å². The van der Waals surface area contributed by atoms with E-state index in [1.54, 1.807) is 6.08 Å². The van der Waals surface area contributed by atoms with E-state index in [0.29, 0.717) is 6.61 Å². The molecule has 0 radical (unpaired) electrons. The van der Waals surface area contributed by atoms with Crippen LogP contribution >= 0.6 is 0 Å². The Morgan fingerprint density at radius 1 is 1.13 bits per heavy atom. The minimum Gasteiger partial charge on any atom is -0.463 e. The molecule has 0 bridgehead atoms. The Balaban J connectivity index is 3.54. The predicted octanol–water partition coefficient (Wildman–Crippen LogP) is 3.86. The monoisotopic (exact) mass is 212 g/mol. The number of esters is 1. The second-order valence-electron chi connectivity index (χ2n) is 3.91. The van der Waals surface area contributed by atoms with Crippen LogP contribution in [0.2, 0.25) is 0 Å². The van der Waals surface area contributed by atoms with Crippen LogP contribution in [0.15, 0.2) is 11.6 Å². The molecule has 2 heteroatoms. The van der Waals surface area contributed by atoms with Crippen molar-refractivity contribution in [2.24, 2.45) is 0 Å². The summed E-state index contributed by atoms with van der Waals surface area (Å²) in [5, 5.41) is 0. The zero-order valence-electron chi connectivity index (χ0n) is 10.3. The van der Waals surface area contributed by atoms with Crippen LogP contribution in [-0.4, -0.2) is 12.6 Å². The molecular formula is C13H24O2. The van der Waals surface area contributed by atoms with Crippen LogP contribution in [0.5, 0.6) is 0 Å². The molecule has 0 unspecified atom stereocenters. The minimum atomic E-state index is -0.205. The molecule has 88 valence electrons. The summed E-state index contributed by atoms with van der Waals surface area (Å²) in [6, 6.07) is 0. The van der Waals surface area contributed by atoms with Gasteiger partial charge in [-0.25, -0.2) is 4.79 Å². The van der Waals surface area contributed by atoms with Gasteiger partial charge in [0.2, 0.25) is 0 Å². The van der Waals surface area contributed by atoms with Crippen LogP contribution in [0.3, 0.4) is 0 Å². The van der Waals surface area contributed by atoms with E-state index in [1.165, 1.54) is 32.1 Å². The van der Waals surface area contributed by atoms with Crippen LogP contribution in [0.25, 0.3) is 0 Å². The van der Waals surface area contributed by atoms with E-state index in [9.17, 15) is 4.79 Å². The lowest BCUT2D eigenvalue weighted by molar-refractivity contribution is -0.137. The van der Waals surface area contributed by atoms with E-state index in [-0.39, 0.29) is 5.97 Å². The molecule has 15 heavy (non-hydrogen) atoms. The molecule has 0 aromatic rings. The third-order valence-electron chi connectivity index (χ3n) is 2.33. The Bertz CT molecular complexity index is 195. The molecule has 0 rings (SSSR count). The summed E-state index contributed by atoms with van der Waals surface area (Å²) in [7, 11) is 0. The molecule has 0 N–H and O–H groups in total. The van der Waals surface area contributed by atoms with Gasteiger partial charge in [-0.2, -0.15) is 0 Å². The number of ether oxygens (including phenoxy) is 1. The van der Waals surface area contributed by atoms with Gasteiger partial charge in [-0.15, -0.1) is 0 Å². The summed E-state index contributed by atoms with van der Waals surface area (Å²) in [5.74, 6) is -0.205. The Kier molecular flexibility index (Phi) is 9.24. The summed E-state index contributed by atoms with van der Waals surface area (Å²) < 4.78 is 4.84. The number of allylic oxidation sites excluding steroid dienone is 1. The maximum absolute atomic E-state index is 11.1. The molecule has 0 fully saturated rings. The molecule has 0 aliphatic rings. The number of rotatable bonds is 8. The van der Waals surface area contributed by atoms with E-state index >= 15 is 0 Å². The first-order valence-electron chi connectivity index (χ1n) is 6.04. The highest BCUT2D eigenvalue weighted by Crippen LogP contribution is 2.10. The molecule has 0 saturated carbocycles. The Labute approximate surface area is 93.7 Å². The smallest absolute Gasteiger partial charge is 0.330 e. The van der Waals surface area contributed by atoms with Crippen LogP contribution in [0, 0.1) is 0 Å². The molecule has 0 spiro atoms. The molecule has 0 aliphatic heterocycles. The van der Waals surface area contributed by atoms with Crippen molar-refractivity contribution < 1.29 is 9.53 Å². The minimum absolute atomic E-state index is 0.205. The Morgan fingerprint density at radius 2 is 1.80 bits per heavy atom. The first kappa shape index (κ1) is 14.2. The zero-order valence-corrected chi connectivity index (χ0v) is 10.3. The van der Waals surface area contributed by atoms with Gasteiger partial charge in [-0.3, -0.25) is 0 Å². The number of unbranched alkanes of at least 4 members (excludes halogenated alkanes) is 4. The Morgan fingerprint density at radius 3 is 2.40 bits per heavy atom. The molecular weight excluding hydrogens is 188 g/mol. The van der Waals surface area contributed by atoms with Crippen LogP contribution in [0.1, 0.15) is 59.3 Å². The molecule has 0 heterocycles. The summed E-state index contributed by atoms with van der Waals surface area (Å²) >= 11 is 0. The van der Waals surface area contributed by atoms with Crippen molar-refractivity contribution >= 4 is 5.97 Å².